The lowest BCUT2D eigenvalue weighted by Crippen LogP contribution is -2.21. The van der Waals surface area contributed by atoms with E-state index in [0.717, 1.165) is 0 Å². The second-order valence-electron chi connectivity index (χ2n) is 9.82. The van der Waals surface area contributed by atoms with E-state index in [1.807, 2.05) is 24.3 Å². The highest BCUT2D eigenvalue weighted by Gasteiger charge is 2.14. The SMILES string of the molecule is CC(C)(C)c1ccc(Oc2ccc(NC(=O)CCCC(=O)OCC(=O)Nc3cccc([N+](=O)[O-])c3)cc2)cc1. The summed E-state index contributed by atoms with van der Waals surface area (Å²) >= 11 is 0. The van der Waals surface area contributed by atoms with Gasteiger partial charge in [-0.15, -0.1) is 0 Å². The smallest absolute Gasteiger partial charge is 0.306 e. The van der Waals surface area contributed by atoms with E-state index in [0.29, 0.717) is 17.2 Å². The van der Waals surface area contributed by atoms with Crippen molar-refractivity contribution in [3.05, 3.63) is 88.5 Å². The van der Waals surface area contributed by atoms with Crippen LogP contribution >= 0.6 is 0 Å². The first kappa shape index (κ1) is 28.8. The molecule has 0 bridgehead atoms. The molecule has 0 fully saturated rings. The first-order chi connectivity index (χ1) is 18.5. The van der Waals surface area contributed by atoms with Crippen molar-refractivity contribution in [2.24, 2.45) is 0 Å². The highest BCUT2D eigenvalue weighted by molar-refractivity contribution is 5.93. The Kier molecular flexibility index (Phi) is 9.75. The summed E-state index contributed by atoms with van der Waals surface area (Å²) in [6.07, 6.45) is 0.286. The Hall–Kier alpha value is -4.73. The van der Waals surface area contributed by atoms with Gasteiger partial charge in [-0.05, 0) is 59.9 Å². The number of nitrogens with zero attached hydrogens (tertiary/aromatic N) is 1. The lowest BCUT2D eigenvalue weighted by atomic mass is 9.87. The fourth-order valence-electron chi connectivity index (χ4n) is 3.49. The third kappa shape index (κ3) is 9.58. The van der Waals surface area contributed by atoms with Crippen LogP contribution in [0.5, 0.6) is 11.5 Å². The summed E-state index contributed by atoms with van der Waals surface area (Å²) in [5, 5.41) is 16.0. The van der Waals surface area contributed by atoms with Crippen LogP contribution < -0.4 is 15.4 Å². The van der Waals surface area contributed by atoms with Gasteiger partial charge in [-0.1, -0.05) is 39.0 Å². The molecule has 0 radical (unpaired) electrons. The van der Waals surface area contributed by atoms with E-state index < -0.39 is 23.4 Å². The zero-order valence-electron chi connectivity index (χ0n) is 22.1. The van der Waals surface area contributed by atoms with Crippen LogP contribution in [0.2, 0.25) is 0 Å². The number of nitro benzene ring substituents is 1. The molecule has 2 N–H and O–H groups in total. The van der Waals surface area contributed by atoms with Crippen molar-refractivity contribution in [3.63, 3.8) is 0 Å². The number of nitro groups is 1. The number of anilines is 2. The zero-order valence-corrected chi connectivity index (χ0v) is 22.1. The Morgan fingerprint density at radius 2 is 1.44 bits per heavy atom. The van der Waals surface area contributed by atoms with Crippen molar-refractivity contribution in [3.8, 4) is 11.5 Å². The molecule has 10 nitrogen and oxygen atoms in total. The zero-order chi connectivity index (χ0) is 28.4. The van der Waals surface area contributed by atoms with Crippen LogP contribution in [0, 0.1) is 10.1 Å². The number of hydrogen-bond donors (Lipinski definition) is 2. The van der Waals surface area contributed by atoms with Gasteiger partial charge in [0.25, 0.3) is 11.6 Å². The average molecular weight is 534 g/mol. The monoisotopic (exact) mass is 533 g/mol. The number of non-ortho nitro benzene ring substituents is 1. The van der Waals surface area contributed by atoms with Gasteiger partial charge in [0.2, 0.25) is 5.91 Å². The second kappa shape index (κ2) is 13.2. The van der Waals surface area contributed by atoms with Crippen molar-refractivity contribution < 1.29 is 28.8 Å². The molecule has 3 aromatic rings. The summed E-state index contributed by atoms with van der Waals surface area (Å²) in [7, 11) is 0. The molecule has 2 amide bonds. The van der Waals surface area contributed by atoms with Gasteiger partial charge in [-0.2, -0.15) is 0 Å². The quantitative estimate of drug-likeness (QED) is 0.176. The molecule has 0 spiro atoms. The molecule has 0 aliphatic rings. The molecule has 10 heteroatoms. The number of carbonyl (C=O) groups is 3. The van der Waals surface area contributed by atoms with Gasteiger partial charge >= 0.3 is 5.97 Å². The Bertz CT molecular complexity index is 1310. The van der Waals surface area contributed by atoms with Crippen LogP contribution in [0.15, 0.2) is 72.8 Å². The largest absolute Gasteiger partial charge is 0.457 e. The van der Waals surface area contributed by atoms with Crippen molar-refractivity contribution >= 4 is 34.8 Å². The third-order valence-corrected chi connectivity index (χ3v) is 5.58. The number of rotatable bonds is 11. The molecule has 0 atom stereocenters. The summed E-state index contributed by atoms with van der Waals surface area (Å²) in [5.74, 6) is -0.176. The summed E-state index contributed by atoms with van der Waals surface area (Å²) in [6, 6.07) is 20.3. The molecule has 39 heavy (non-hydrogen) atoms. The number of esters is 1. The van der Waals surface area contributed by atoms with Crippen molar-refractivity contribution in [1.82, 2.24) is 0 Å². The van der Waals surface area contributed by atoms with Crippen molar-refractivity contribution in [1.29, 1.82) is 0 Å². The number of amides is 2. The molecule has 0 aromatic heterocycles. The number of nitrogens with one attached hydrogen (secondary N) is 2. The minimum absolute atomic E-state index is 0.0434. The van der Waals surface area contributed by atoms with Gasteiger partial charge in [0.15, 0.2) is 6.61 Å². The van der Waals surface area contributed by atoms with E-state index in [1.165, 1.54) is 29.8 Å². The summed E-state index contributed by atoms with van der Waals surface area (Å²) in [5.41, 5.74) is 1.91. The normalized spacial score (nSPS) is 10.8. The lowest BCUT2D eigenvalue weighted by molar-refractivity contribution is -0.384. The van der Waals surface area contributed by atoms with Crippen LogP contribution in [0.1, 0.15) is 45.6 Å². The maximum Gasteiger partial charge on any atom is 0.306 e. The van der Waals surface area contributed by atoms with Crippen LogP contribution in [-0.4, -0.2) is 29.3 Å². The molecular formula is C29H31N3O7. The molecular weight excluding hydrogens is 502 g/mol. The third-order valence-electron chi connectivity index (χ3n) is 5.58. The Morgan fingerprint density at radius 3 is 2.05 bits per heavy atom. The first-order valence-corrected chi connectivity index (χ1v) is 12.4. The fourth-order valence-corrected chi connectivity index (χ4v) is 3.49. The minimum atomic E-state index is -0.631. The van der Waals surface area contributed by atoms with Gasteiger partial charge in [-0.3, -0.25) is 24.5 Å². The predicted octanol–water partition coefficient (Wildman–Crippen LogP) is 5.98. The Balaban J connectivity index is 1.34. The topological polar surface area (TPSA) is 137 Å². The van der Waals surface area contributed by atoms with E-state index in [2.05, 4.69) is 31.4 Å². The Labute approximate surface area is 226 Å². The highest BCUT2D eigenvalue weighted by atomic mass is 16.6. The standard InChI is InChI=1S/C29H31N3O7/c1-29(2,3)20-10-14-24(15-11-20)39-25-16-12-21(13-17-25)30-26(33)8-5-9-28(35)38-19-27(34)31-22-6-4-7-23(18-22)32(36)37/h4,6-7,10-18H,5,8-9,19H2,1-3H3,(H,30,33)(H,31,34). The predicted molar refractivity (Wildman–Crippen MR) is 147 cm³/mol. The van der Waals surface area contributed by atoms with Gasteiger partial charge in [0, 0.05) is 36.3 Å². The second-order valence-corrected chi connectivity index (χ2v) is 9.82. The van der Waals surface area contributed by atoms with Gasteiger partial charge in [0.1, 0.15) is 11.5 Å². The van der Waals surface area contributed by atoms with Crippen LogP contribution in [0.3, 0.4) is 0 Å². The number of ether oxygens (including phenoxy) is 2. The van der Waals surface area contributed by atoms with E-state index in [-0.39, 0.29) is 42.0 Å². The van der Waals surface area contributed by atoms with Crippen LogP contribution in [0.4, 0.5) is 17.1 Å². The number of benzene rings is 3. The van der Waals surface area contributed by atoms with Gasteiger partial charge in [-0.25, -0.2) is 0 Å². The first-order valence-electron chi connectivity index (χ1n) is 12.4. The maximum atomic E-state index is 12.2. The van der Waals surface area contributed by atoms with Gasteiger partial charge < -0.3 is 20.1 Å². The van der Waals surface area contributed by atoms with Crippen LogP contribution in [0.25, 0.3) is 0 Å². The minimum Gasteiger partial charge on any atom is -0.457 e. The molecule has 204 valence electrons. The molecule has 3 aromatic carbocycles. The average Bonchev–Trinajstić information content (AvgIpc) is 2.88. The molecule has 0 saturated heterocycles. The molecule has 0 aliphatic carbocycles. The van der Waals surface area contributed by atoms with Gasteiger partial charge in [0.05, 0.1) is 4.92 Å². The molecule has 0 saturated carbocycles. The van der Waals surface area contributed by atoms with E-state index in [9.17, 15) is 24.5 Å². The Morgan fingerprint density at radius 1 is 0.821 bits per heavy atom. The van der Waals surface area contributed by atoms with Crippen LogP contribution in [-0.2, 0) is 24.5 Å². The number of hydrogen-bond acceptors (Lipinski definition) is 7. The van der Waals surface area contributed by atoms with E-state index >= 15 is 0 Å². The lowest BCUT2D eigenvalue weighted by Gasteiger charge is -2.19. The maximum absolute atomic E-state index is 12.2. The molecule has 0 unspecified atom stereocenters. The summed E-state index contributed by atoms with van der Waals surface area (Å²) in [6.45, 7) is 5.91. The molecule has 0 heterocycles. The van der Waals surface area contributed by atoms with Crippen molar-refractivity contribution in [2.45, 2.75) is 45.4 Å². The molecule has 3 rings (SSSR count). The highest BCUT2D eigenvalue weighted by Crippen LogP contribution is 2.27. The van der Waals surface area contributed by atoms with E-state index in [4.69, 9.17) is 9.47 Å². The van der Waals surface area contributed by atoms with Crippen molar-refractivity contribution in [2.75, 3.05) is 17.2 Å². The molecule has 0 aliphatic heterocycles. The fraction of sp³-hybridized carbons (Fsp3) is 0.276. The summed E-state index contributed by atoms with van der Waals surface area (Å²) < 4.78 is 10.8. The number of carbonyl (C=O) groups excluding carboxylic acids is 3. The van der Waals surface area contributed by atoms with E-state index in [1.54, 1.807) is 24.3 Å². The summed E-state index contributed by atoms with van der Waals surface area (Å²) in [4.78, 5) is 46.3.